The van der Waals surface area contributed by atoms with Gasteiger partial charge >= 0.3 is 0 Å². The molecule has 144 valence electrons. The second kappa shape index (κ2) is 5.68. The van der Waals surface area contributed by atoms with Gasteiger partial charge in [-0.15, -0.1) is 0 Å². The molecule has 1 aromatic rings. The van der Waals surface area contributed by atoms with Gasteiger partial charge in [0.2, 0.25) is 0 Å². The Hall–Kier alpha value is -1.64. The van der Waals surface area contributed by atoms with Gasteiger partial charge in [0, 0.05) is 36.5 Å². The fourth-order valence-electron chi connectivity index (χ4n) is 7.70. The first-order chi connectivity index (χ1) is 13.2. The van der Waals surface area contributed by atoms with Crippen molar-refractivity contribution >= 4 is 5.69 Å². The van der Waals surface area contributed by atoms with E-state index < -0.39 is 0 Å². The number of phenolic OH excluding ortho intramolecular Hbond substituents is 1. The summed E-state index contributed by atoms with van der Waals surface area (Å²) in [5, 5.41) is 11.1. The van der Waals surface area contributed by atoms with Crippen LogP contribution in [0.2, 0.25) is 0 Å². The third-order valence-corrected chi connectivity index (χ3v) is 8.87. The normalized spacial score (nSPS) is 37.0. The van der Waals surface area contributed by atoms with E-state index in [9.17, 15) is 5.11 Å². The van der Waals surface area contributed by atoms with Gasteiger partial charge in [-0.1, -0.05) is 18.9 Å². The zero-order valence-electron chi connectivity index (χ0n) is 16.4. The molecular formula is C24H32N2O. The van der Waals surface area contributed by atoms with Crippen LogP contribution in [-0.4, -0.2) is 35.7 Å². The summed E-state index contributed by atoms with van der Waals surface area (Å²) in [7, 11) is 0. The topological polar surface area (TPSA) is 26.7 Å². The monoisotopic (exact) mass is 364 g/mol. The van der Waals surface area contributed by atoms with Crippen LogP contribution in [0.4, 0.5) is 5.69 Å². The molecule has 27 heavy (non-hydrogen) atoms. The first-order valence-electron chi connectivity index (χ1n) is 11.3. The lowest BCUT2D eigenvalue weighted by Gasteiger charge is -2.67. The quantitative estimate of drug-likeness (QED) is 0.780. The van der Waals surface area contributed by atoms with Crippen molar-refractivity contribution in [3.63, 3.8) is 0 Å². The minimum atomic E-state index is 0.294. The Bertz CT molecular complexity index is 796. The molecule has 3 atom stereocenters. The molecule has 1 N–H and O–H groups in total. The number of aromatic hydroxyl groups is 1. The molecule has 5 aliphatic rings. The van der Waals surface area contributed by atoms with Crippen molar-refractivity contribution in [2.24, 2.45) is 5.41 Å². The third-order valence-electron chi connectivity index (χ3n) is 8.87. The Labute approximate surface area is 163 Å². The minimum Gasteiger partial charge on any atom is -0.506 e. The van der Waals surface area contributed by atoms with Crippen LogP contribution in [0.5, 0.6) is 5.75 Å². The third kappa shape index (κ3) is 2.04. The highest BCUT2D eigenvalue weighted by Gasteiger charge is 2.63. The van der Waals surface area contributed by atoms with Gasteiger partial charge in [-0.05, 0) is 80.8 Å². The van der Waals surface area contributed by atoms with Crippen molar-refractivity contribution in [1.29, 1.82) is 0 Å². The standard InChI is InChI=1S/C24H32N2O/c27-21-17-19-18(15-20(21)25-11-4-1-5-12-25)16-22-24-8-3-2-7-23(19,24)10-14-26(22)13-6-9-24/h6,13,15,17,22,27H,1-5,7-12,14,16H2/t22-,23+,24-/m0/s1. The van der Waals surface area contributed by atoms with E-state index in [1.54, 1.807) is 0 Å². The van der Waals surface area contributed by atoms with Crippen LogP contribution in [0.1, 0.15) is 68.9 Å². The van der Waals surface area contributed by atoms with Crippen LogP contribution in [-0.2, 0) is 11.8 Å². The molecule has 0 amide bonds. The maximum Gasteiger partial charge on any atom is 0.139 e. The highest BCUT2D eigenvalue weighted by molar-refractivity contribution is 5.64. The number of hydrogen-bond acceptors (Lipinski definition) is 3. The molecule has 0 radical (unpaired) electrons. The van der Waals surface area contributed by atoms with Gasteiger partial charge in [0.05, 0.1) is 5.69 Å². The molecule has 2 aliphatic carbocycles. The van der Waals surface area contributed by atoms with Crippen LogP contribution >= 0.6 is 0 Å². The first-order valence-corrected chi connectivity index (χ1v) is 11.3. The summed E-state index contributed by atoms with van der Waals surface area (Å²) in [6.45, 7) is 3.39. The van der Waals surface area contributed by atoms with Gasteiger partial charge in [0.25, 0.3) is 0 Å². The van der Waals surface area contributed by atoms with E-state index >= 15 is 0 Å². The second-order valence-corrected chi connectivity index (χ2v) is 9.79. The smallest absolute Gasteiger partial charge is 0.139 e. The average molecular weight is 365 g/mol. The molecule has 3 fully saturated rings. The van der Waals surface area contributed by atoms with Crippen molar-refractivity contribution < 1.29 is 5.11 Å². The van der Waals surface area contributed by atoms with Crippen molar-refractivity contribution in [3.05, 3.63) is 35.5 Å². The van der Waals surface area contributed by atoms with E-state index in [-0.39, 0.29) is 0 Å². The summed E-state index contributed by atoms with van der Waals surface area (Å²) in [4.78, 5) is 5.10. The molecule has 1 spiro atoms. The summed E-state index contributed by atoms with van der Waals surface area (Å²) < 4.78 is 0. The lowest BCUT2D eigenvalue weighted by molar-refractivity contribution is -0.0851. The van der Waals surface area contributed by atoms with E-state index in [2.05, 4.69) is 34.2 Å². The summed E-state index contributed by atoms with van der Waals surface area (Å²) in [5.74, 6) is 0.540. The lowest BCUT2D eigenvalue weighted by atomic mass is 9.42. The van der Waals surface area contributed by atoms with Crippen LogP contribution in [0.25, 0.3) is 0 Å². The first kappa shape index (κ1) is 16.3. The second-order valence-electron chi connectivity index (χ2n) is 9.79. The molecule has 3 heterocycles. The number of anilines is 1. The van der Waals surface area contributed by atoms with E-state index in [1.807, 2.05) is 0 Å². The van der Waals surface area contributed by atoms with Crippen molar-refractivity contribution in [2.75, 3.05) is 24.5 Å². The Morgan fingerprint density at radius 1 is 0.926 bits per heavy atom. The summed E-state index contributed by atoms with van der Waals surface area (Å²) in [6.07, 6.45) is 17.8. The average Bonchev–Trinajstić information content (AvgIpc) is 2.69. The summed E-state index contributed by atoms with van der Waals surface area (Å²) in [5.41, 5.74) is 4.86. The minimum absolute atomic E-state index is 0.294. The van der Waals surface area contributed by atoms with E-state index in [0.29, 0.717) is 22.6 Å². The largest absolute Gasteiger partial charge is 0.506 e. The fraction of sp³-hybridized carbons (Fsp3) is 0.667. The SMILES string of the molecule is Oc1cc2c(cc1N1CCCCC1)C[C@@H]1N3C=CC[C@@]14CCCC[C@@]24CC3. The van der Waals surface area contributed by atoms with Crippen molar-refractivity contribution in [2.45, 2.75) is 75.7 Å². The maximum absolute atomic E-state index is 11.1. The maximum atomic E-state index is 11.1. The van der Waals surface area contributed by atoms with Crippen LogP contribution in [0.15, 0.2) is 24.4 Å². The molecule has 3 heteroatoms. The number of allylic oxidation sites excluding steroid dienone is 1. The molecule has 1 aromatic carbocycles. The number of nitrogens with zero attached hydrogens (tertiary/aromatic N) is 2. The fourth-order valence-corrected chi connectivity index (χ4v) is 7.70. The van der Waals surface area contributed by atoms with Gasteiger partial charge in [-0.25, -0.2) is 0 Å². The Balaban J connectivity index is 1.51. The Kier molecular flexibility index (Phi) is 3.44. The zero-order chi connectivity index (χ0) is 18.1. The molecule has 3 nitrogen and oxygen atoms in total. The van der Waals surface area contributed by atoms with Gasteiger partial charge in [-0.3, -0.25) is 0 Å². The molecule has 4 bridgehead atoms. The number of piperidine rings is 2. The number of fused-ring (bicyclic) bond motifs is 1. The van der Waals surface area contributed by atoms with Crippen LogP contribution in [0, 0.1) is 5.41 Å². The van der Waals surface area contributed by atoms with Crippen LogP contribution in [0.3, 0.4) is 0 Å². The molecule has 2 saturated heterocycles. The lowest BCUT2D eigenvalue weighted by Crippen LogP contribution is -2.67. The van der Waals surface area contributed by atoms with Gasteiger partial charge in [-0.2, -0.15) is 0 Å². The predicted molar refractivity (Wildman–Crippen MR) is 109 cm³/mol. The van der Waals surface area contributed by atoms with Crippen molar-refractivity contribution in [1.82, 2.24) is 4.90 Å². The summed E-state index contributed by atoms with van der Waals surface area (Å²) >= 11 is 0. The van der Waals surface area contributed by atoms with E-state index in [1.165, 1.54) is 81.9 Å². The Morgan fingerprint density at radius 3 is 2.67 bits per heavy atom. The molecule has 0 unspecified atom stereocenters. The zero-order valence-corrected chi connectivity index (χ0v) is 16.4. The molecule has 6 rings (SSSR count). The highest BCUT2D eigenvalue weighted by atomic mass is 16.3. The van der Waals surface area contributed by atoms with Crippen molar-refractivity contribution in [3.8, 4) is 5.75 Å². The molecule has 0 aromatic heterocycles. The number of phenols is 1. The number of hydrogen-bond donors (Lipinski definition) is 1. The van der Waals surface area contributed by atoms with E-state index in [4.69, 9.17) is 0 Å². The van der Waals surface area contributed by atoms with E-state index in [0.717, 1.165) is 18.8 Å². The number of rotatable bonds is 1. The molecule has 3 aliphatic heterocycles. The Morgan fingerprint density at radius 2 is 1.78 bits per heavy atom. The highest BCUT2D eigenvalue weighted by Crippen LogP contribution is 2.66. The van der Waals surface area contributed by atoms with Crippen LogP contribution < -0.4 is 4.90 Å². The number of benzene rings is 1. The van der Waals surface area contributed by atoms with Gasteiger partial charge in [0.1, 0.15) is 5.75 Å². The molecular weight excluding hydrogens is 332 g/mol. The molecule has 1 saturated carbocycles. The summed E-state index contributed by atoms with van der Waals surface area (Å²) in [6, 6.07) is 5.28. The predicted octanol–water partition coefficient (Wildman–Crippen LogP) is 4.73. The van der Waals surface area contributed by atoms with Gasteiger partial charge in [0.15, 0.2) is 0 Å². The van der Waals surface area contributed by atoms with Gasteiger partial charge < -0.3 is 14.9 Å².